The van der Waals surface area contributed by atoms with E-state index in [0.29, 0.717) is 5.56 Å². The van der Waals surface area contributed by atoms with Gasteiger partial charge in [-0.25, -0.2) is 9.97 Å². The van der Waals surface area contributed by atoms with Crippen molar-refractivity contribution in [1.82, 2.24) is 9.97 Å². The molecule has 2 bridgehead atoms. The quantitative estimate of drug-likeness (QED) is 0.579. The number of hydrogen-bond acceptors (Lipinski definition) is 4. The van der Waals surface area contributed by atoms with Crippen LogP contribution in [0.1, 0.15) is 36.8 Å². The summed E-state index contributed by atoms with van der Waals surface area (Å²) in [6.07, 6.45) is 7.37. The van der Waals surface area contributed by atoms with Crippen molar-refractivity contribution in [3.05, 3.63) is 65.9 Å². The lowest BCUT2D eigenvalue weighted by Gasteiger charge is -2.41. The fraction of sp³-hybridized carbons (Fsp3) is 0.346. The fourth-order valence-electron chi connectivity index (χ4n) is 4.99. The van der Waals surface area contributed by atoms with Crippen LogP contribution >= 0.6 is 0 Å². The summed E-state index contributed by atoms with van der Waals surface area (Å²) >= 11 is 0. The van der Waals surface area contributed by atoms with Crippen LogP contribution in [0.3, 0.4) is 0 Å². The predicted molar refractivity (Wildman–Crippen MR) is 120 cm³/mol. The molecule has 1 saturated carbocycles. The Morgan fingerprint density at radius 2 is 1.60 bits per heavy atom. The molecule has 2 unspecified atom stereocenters. The average molecular weight is 395 g/mol. The number of nitriles is 1. The van der Waals surface area contributed by atoms with Gasteiger partial charge in [-0.2, -0.15) is 5.26 Å². The Hall–Kier alpha value is -3.19. The molecule has 2 aromatic carbocycles. The van der Waals surface area contributed by atoms with E-state index in [1.165, 1.54) is 31.2 Å². The molecule has 0 spiro atoms. The Morgan fingerprint density at radius 1 is 0.933 bits per heavy atom. The highest BCUT2D eigenvalue weighted by Gasteiger charge is 2.31. The average Bonchev–Trinajstić information content (AvgIpc) is 2.79. The van der Waals surface area contributed by atoms with Gasteiger partial charge in [0.2, 0.25) is 5.95 Å². The van der Waals surface area contributed by atoms with Crippen LogP contribution in [0.2, 0.25) is 0 Å². The molecule has 3 aromatic rings. The minimum atomic E-state index is 0.661. The molecule has 0 N–H and O–H groups in total. The van der Waals surface area contributed by atoms with E-state index in [1.807, 2.05) is 30.5 Å². The van der Waals surface area contributed by atoms with Gasteiger partial charge in [-0.05, 0) is 55.7 Å². The Balaban J connectivity index is 1.57. The SMILES string of the molecule is Cc1ccc(-c2cnc(N3CC4CCCC(C4)C3)nc2-c2ccc(C#N)cc2)cc1. The van der Waals surface area contributed by atoms with Gasteiger partial charge in [0, 0.05) is 30.4 Å². The molecule has 0 amide bonds. The van der Waals surface area contributed by atoms with Gasteiger partial charge in [-0.15, -0.1) is 0 Å². The molecular weight excluding hydrogens is 368 g/mol. The van der Waals surface area contributed by atoms with E-state index in [-0.39, 0.29) is 0 Å². The Kier molecular flexibility index (Phi) is 4.96. The number of rotatable bonds is 3. The molecule has 1 saturated heterocycles. The number of hydrogen-bond donors (Lipinski definition) is 0. The molecule has 1 aromatic heterocycles. The third kappa shape index (κ3) is 3.68. The first-order valence-corrected chi connectivity index (χ1v) is 10.9. The zero-order valence-electron chi connectivity index (χ0n) is 17.4. The summed E-state index contributed by atoms with van der Waals surface area (Å²) in [5, 5.41) is 9.17. The Morgan fingerprint density at radius 3 is 2.27 bits per heavy atom. The van der Waals surface area contributed by atoms with Gasteiger partial charge < -0.3 is 4.90 Å². The second-order valence-corrected chi connectivity index (χ2v) is 8.79. The lowest BCUT2D eigenvalue weighted by atomic mass is 9.78. The topological polar surface area (TPSA) is 52.8 Å². The van der Waals surface area contributed by atoms with Crippen molar-refractivity contribution in [2.75, 3.05) is 18.0 Å². The van der Waals surface area contributed by atoms with E-state index in [9.17, 15) is 0 Å². The van der Waals surface area contributed by atoms with Crippen molar-refractivity contribution >= 4 is 5.95 Å². The maximum atomic E-state index is 9.17. The number of nitrogens with zero attached hydrogens (tertiary/aromatic N) is 4. The van der Waals surface area contributed by atoms with Crippen LogP contribution in [-0.2, 0) is 0 Å². The molecule has 5 rings (SSSR count). The maximum absolute atomic E-state index is 9.17. The van der Waals surface area contributed by atoms with E-state index in [0.717, 1.165) is 53.3 Å². The maximum Gasteiger partial charge on any atom is 0.225 e. The molecule has 4 heteroatoms. The van der Waals surface area contributed by atoms with Crippen LogP contribution in [0.25, 0.3) is 22.4 Å². The van der Waals surface area contributed by atoms with Crippen LogP contribution in [-0.4, -0.2) is 23.1 Å². The van der Waals surface area contributed by atoms with Crippen molar-refractivity contribution < 1.29 is 0 Å². The molecular formula is C26H26N4. The number of aromatic nitrogens is 2. The van der Waals surface area contributed by atoms with Gasteiger partial charge in [-0.1, -0.05) is 48.4 Å². The van der Waals surface area contributed by atoms with E-state index in [1.54, 1.807) is 0 Å². The van der Waals surface area contributed by atoms with Crippen molar-refractivity contribution in [3.63, 3.8) is 0 Å². The summed E-state index contributed by atoms with van der Waals surface area (Å²) in [7, 11) is 0. The number of fused-ring (bicyclic) bond motifs is 2. The summed E-state index contributed by atoms with van der Waals surface area (Å²) in [6, 6.07) is 18.4. The van der Waals surface area contributed by atoms with E-state index >= 15 is 0 Å². The third-order valence-corrected chi connectivity index (χ3v) is 6.56. The largest absolute Gasteiger partial charge is 0.340 e. The van der Waals surface area contributed by atoms with Crippen molar-refractivity contribution in [1.29, 1.82) is 5.26 Å². The van der Waals surface area contributed by atoms with E-state index < -0.39 is 0 Å². The molecule has 0 radical (unpaired) electrons. The highest BCUT2D eigenvalue weighted by atomic mass is 15.3. The number of piperidine rings is 1. The number of aryl methyl sites for hydroxylation is 1. The summed E-state index contributed by atoms with van der Waals surface area (Å²) < 4.78 is 0. The van der Waals surface area contributed by atoms with Gasteiger partial charge in [0.1, 0.15) is 0 Å². The fourth-order valence-corrected chi connectivity index (χ4v) is 4.99. The summed E-state index contributed by atoms with van der Waals surface area (Å²) in [5.41, 5.74) is 5.99. The van der Waals surface area contributed by atoms with Gasteiger partial charge in [-0.3, -0.25) is 0 Å². The van der Waals surface area contributed by atoms with Gasteiger partial charge in [0.25, 0.3) is 0 Å². The Bertz CT molecular complexity index is 1070. The number of benzene rings is 2. The highest BCUT2D eigenvalue weighted by molar-refractivity contribution is 5.81. The smallest absolute Gasteiger partial charge is 0.225 e. The molecule has 2 fully saturated rings. The minimum absolute atomic E-state index is 0.661. The molecule has 4 nitrogen and oxygen atoms in total. The van der Waals surface area contributed by atoms with Crippen LogP contribution in [0.4, 0.5) is 5.95 Å². The van der Waals surface area contributed by atoms with Gasteiger partial charge in [0.05, 0.1) is 17.3 Å². The molecule has 1 aliphatic carbocycles. The van der Waals surface area contributed by atoms with E-state index in [2.05, 4.69) is 42.2 Å². The summed E-state index contributed by atoms with van der Waals surface area (Å²) in [5.74, 6) is 2.38. The Labute approximate surface area is 178 Å². The van der Waals surface area contributed by atoms with Gasteiger partial charge in [0.15, 0.2) is 0 Å². The third-order valence-electron chi connectivity index (χ3n) is 6.56. The summed E-state index contributed by atoms with van der Waals surface area (Å²) in [4.78, 5) is 12.3. The molecule has 2 heterocycles. The van der Waals surface area contributed by atoms with Crippen molar-refractivity contribution in [3.8, 4) is 28.5 Å². The minimum Gasteiger partial charge on any atom is -0.340 e. The second kappa shape index (κ2) is 7.91. The molecule has 2 aliphatic rings. The first-order valence-electron chi connectivity index (χ1n) is 10.9. The van der Waals surface area contributed by atoms with Crippen molar-refractivity contribution in [2.24, 2.45) is 11.8 Å². The predicted octanol–water partition coefficient (Wildman–Crippen LogP) is 5.62. The normalized spacial score (nSPS) is 20.6. The zero-order valence-corrected chi connectivity index (χ0v) is 17.4. The zero-order chi connectivity index (χ0) is 20.5. The lowest BCUT2D eigenvalue weighted by Crippen LogP contribution is -2.43. The lowest BCUT2D eigenvalue weighted by molar-refractivity contribution is 0.230. The molecule has 30 heavy (non-hydrogen) atoms. The first-order chi connectivity index (χ1) is 14.7. The standard InChI is InChI=1S/C26H26N4/c1-18-5-9-22(10-6-18)24-15-28-26(30-16-20-3-2-4-21(13-20)17-30)29-25(24)23-11-7-19(14-27)8-12-23/h5-12,15,20-21H,2-4,13,16-17H2,1H3. The van der Waals surface area contributed by atoms with Crippen LogP contribution in [0.15, 0.2) is 54.7 Å². The van der Waals surface area contributed by atoms with Crippen LogP contribution < -0.4 is 4.90 Å². The first kappa shape index (κ1) is 18.8. The summed E-state index contributed by atoms with van der Waals surface area (Å²) in [6.45, 7) is 4.22. The highest BCUT2D eigenvalue weighted by Crippen LogP contribution is 2.37. The number of anilines is 1. The van der Waals surface area contributed by atoms with Crippen molar-refractivity contribution in [2.45, 2.75) is 32.6 Å². The molecule has 1 aliphatic heterocycles. The van der Waals surface area contributed by atoms with Crippen LogP contribution in [0, 0.1) is 30.1 Å². The second-order valence-electron chi connectivity index (χ2n) is 8.79. The van der Waals surface area contributed by atoms with Crippen LogP contribution in [0.5, 0.6) is 0 Å². The molecule has 150 valence electrons. The van der Waals surface area contributed by atoms with Gasteiger partial charge >= 0.3 is 0 Å². The molecule has 2 atom stereocenters. The van der Waals surface area contributed by atoms with E-state index in [4.69, 9.17) is 15.2 Å². The monoisotopic (exact) mass is 394 g/mol.